The molecule has 0 radical (unpaired) electrons. The smallest absolute Gasteiger partial charge is 0.134 e. The van der Waals surface area contributed by atoms with Gasteiger partial charge in [-0.15, -0.1) is 0 Å². The van der Waals surface area contributed by atoms with Crippen molar-refractivity contribution in [1.82, 2.24) is 4.98 Å². The first-order valence-corrected chi connectivity index (χ1v) is 4.69. The van der Waals surface area contributed by atoms with Crippen molar-refractivity contribution in [3.05, 3.63) is 23.5 Å². The molecule has 14 heavy (non-hydrogen) atoms. The Morgan fingerprint density at radius 2 is 2.29 bits per heavy atom. The number of pyridine rings is 1. The summed E-state index contributed by atoms with van der Waals surface area (Å²) < 4.78 is 5.20. The summed E-state index contributed by atoms with van der Waals surface area (Å²) in [6, 6.07) is 1.79. The zero-order chi connectivity index (χ0) is 10.6. The zero-order valence-electron chi connectivity index (χ0n) is 8.83. The summed E-state index contributed by atoms with van der Waals surface area (Å²) >= 11 is 0. The molecule has 3 nitrogen and oxygen atoms in total. The van der Waals surface area contributed by atoms with Gasteiger partial charge in [0.05, 0.1) is 7.11 Å². The Morgan fingerprint density at radius 3 is 2.79 bits per heavy atom. The van der Waals surface area contributed by atoms with Crippen LogP contribution in [0.15, 0.2) is 12.3 Å². The molecule has 3 heteroatoms. The Balaban J connectivity index is 3.12. The molecule has 0 saturated carbocycles. The van der Waals surface area contributed by atoms with Crippen molar-refractivity contribution >= 4 is 5.78 Å². The van der Waals surface area contributed by atoms with E-state index in [2.05, 4.69) is 4.98 Å². The van der Waals surface area contributed by atoms with E-state index in [1.165, 1.54) is 0 Å². The van der Waals surface area contributed by atoms with E-state index in [1.807, 2.05) is 6.92 Å². The highest BCUT2D eigenvalue weighted by molar-refractivity contribution is 5.79. The van der Waals surface area contributed by atoms with E-state index in [0.717, 1.165) is 23.4 Å². The number of rotatable bonds is 4. The molecular weight excluding hydrogens is 178 g/mol. The lowest BCUT2D eigenvalue weighted by molar-refractivity contribution is -0.116. The first-order valence-electron chi connectivity index (χ1n) is 4.69. The molecule has 0 aliphatic heterocycles. The van der Waals surface area contributed by atoms with Crippen LogP contribution >= 0.6 is 0 Å². The number of carbonyl (C=O) groups excluding carboxylic acids is 1. The van der Waals surface area contributed by atoms with Crippen LogP contribution in [0.4, 0.5) is 0 Å². The SMILES string of the molecule is CCc1nccc(OC)c1CC(C)=O. The topological polar surface area (TPSA) is 39.2 Å². The summed E-state index contributed by atoms with van der Waals surface area (Å²) in [5, 5.41) is 0. The van der Waals surface area contributed by atoms with E-state index in [-0.39, 0.29) is 5.78 Å². The predicted molar refractivity (Wildman–Crippen MR) is 54.6 cm³/mol. The fourth-order valence-corrected chi connectivity index (χ4v) is 1.45. The summed E-state index contributed by atoms with van der Waals surface area (Å²) in [6.45, 7) is 3.59. The van der Waals surface area contributed by atoms with Crippen LogP contribution in [-0.4, -0.2) is 17.9 Å². The van der Waals surface area contributed by atoms with Gasteiger partial charge in [0.15, 0.2) is 0 Å². The van der Waals surface area contributed by atoms with Crippen molar-refractivity contribution in [1.29, 1.82) is 0 Å². The van der Waals surface area contributed by atoms with Crippen LogP contribution in [0.5, 0.6) is 5.75 Å². The fourth-order valence-electron chi connectivity index (χ4n) is 1.45. The van der Waals surface area contributed by atoms with Crippen molar-refractivity contribution in [2.45, 2.75) is 26.7 Å². The number of Topliss-reactive ketones (excluding diaryl/α,β-unsaturated/α-hetero) is 1. The standard InChI is InChI=1S/C11H15NO2/c1-4-10-9(7-8(2)13)11(14-3)5-6-12-10/h5-6H,4,7H2,1-3H3. The average Bonchev–Trinajstić information content (AvgIpc) is 2.17. The van der Waals surface area contributed by atoms with Gasteiger partial charge in [-0.1, -0.05) is 6.92 Å². The molecule has 0 aromatic carbocycles. The average molecular weight is 193 g/mol. The lowest BCUT2D eigenvalue weighted by Crippen LogP contribution is -2.05. The van der Waals surface area contributed by atoms with Gasteiger partial charge in [0.25, 0.3) is 0 Å². The maximum Gasteiger partial charge on any atom is 0.134 e. The van der Waals surface area contributed by atoms with E-state index in [4.69, 9.17) is 4.74 Å². The van der Waals surface area contributed by atoms with Crippen molar-refractivity contribution < 1.29 is 9.53 Å². The Hall–Kier alpha value is -1.38. The van der Waals surface area contributed by atoms with Crippen LogP contribution in [0, 0.1) is 0 Å². The maximum atomic E-state index is 11.1. The van der Waals surface area contributed by atoms with Gasteiger partial charge in [0.1, 0.15) is 11.5 Å². The molecule has 0 saturated heterocycles. The second-order valence-corrected chi connectivity index (χ2v) is 3.17. The Labute approximate surface area is 84.1 Å². The highest BCUT2D eigenvalue weighted by atomic mass is 16.5. The number of hydrogen-bond donors (Lipinski definition) is 0. The van der Waals surface area contributed by atoms with Gasteiger partial charge >= 0.3 is 0 Å². The van der Waals surface area contributed by atoms with Crippen LogP contribution in [0.2, 0.25) is 0 Å². The molecule has 0 N–H and O–H groups in total. The molecule has 0 aliphatic carbocycles. The fraction of sp³-hybridized carbons (Fsp3) is 0.455. The van der Waals surface area contributed by atoms with Gasteiger partial charge in [0, 0.05) is 23.9 Å². The third-order valence-corrected chi connectivity index (χ3v) is 2.08. The maximum absolute atomic E-state index is 11.1. The lowest BCUT2D eigenvalue weighted by Gasteiger charge is -2.10. The first-order chi connectivity index (χ1) is 6.69. The molecule has 0 atom stereocenters. The molecule has 0 amide bonds. The van der Waals surface area contributed by atoms with E-state index < -0.39 is 0 Å². The number of nitrogens with zero attached hydrogens (tertiary/aromatic N) is 1. The largest absolute Gasteiger partial charge is 0.496 e. The monoisotopic (exact) mass is 193 g/mol. The van der Waals surface area contributed by atoms with Gasteiger partial charge in [-0.05, 0) is 19.4 Å². The Kier molecular flexibility index (Phi) is 3.63. The number of aryl methyl sites for hydroxylation is 1. The van der Waals surface area contributed by atoms with Crippen LogP contribution in [-0.2, 0) is 17.6 Å². The van der Waals surface area contributed by atoms with Gasteiger partial charge in [-0.25, -0.2) is 0 Å². The molecule has 0 unspecified atom stereocenters. The second-order valence-electron chi connectivity index (χ2n) is 3.17. The predicted octanol–water partition coefficient (Wildman–Crippen LogP) is 1.78. The van der Waals surface area contributed by atoms with Gasteiger partial charge in [-0.2, -0.15) is 0 Å². The first kappa shape index (κ1) is 10.7. The summed E-state index contributed by atoms with van der Waals surface area (Å²) in [5.74, 6) is 0.887. The summed E-state index contributed by atoms with van der Waals surface area (Å²) in [4.78, 5) is 15.3. The van der Waals surface area contributed by atoms with Gasteiger partial charge in [0.2, 0.25) is 0 Å². The molecule has 1 heterocycles. The molecular formula is C11H15NO2. The summed E-state index contributed by atoms with van der Waals surface area (Å²) in [6.07, 6.45) is 2.93. The Morgan fingerprint density at radius 1 is 1.57 bits per heavy atom. The third-order valence-electron chi connectivity index (χ3n) is 2.08. The molecule has 0 spiro atoms. The number of carbonyl (C=O) groups is 1. The molecule has 1 aromatic heterocycles. The quantitative estimate of drug-likeness (QED) is 0.731. The van der Waals surface area contributed by atoms with E-state index >= 15 is 0 Å². The van der Waals surface area contributed by atoms with Crippen LogP contribution in [0.25, 0.3) is 0 Å². The normalized spacial score (nSPS) is 9.93. The number of hydrogen-bond acceptors (Lipinski definition) is 3. The number of aromatic nitrogens is 1. The van der Waals surface area contributed by atoms with E-state index in [0.29, 0.717) is 6.42 Å². The Bertz CT molecular complexity index is 312. The van der Waals surface area contributed by atoms with Gasteiger partial charge < -0.3 is 4.74 Å². The van der Waals surface area contributed by atoms with Crippen molar-refractivity contribution in [2.24, 2.45) is 0 Å². The molecule has 0 aliphatic rings. The van der Waals surface area contributed by atoms with E-state index in [9.17, 15) is 4.79 Å². The summed E-state index contributed by atoms with van der Waals surface area (Å²) in [7, 11) is 1.61. The highest BCUT2D eigenvalue weighted by Crippen LogP contribution is 2.21. The second kappa shape index (κ2) is 4.74. The number of ketones is 1. The van der Waals surface area contributed by atoms with Crippen molar-refractivity contribution in [2.75, 3.05) is 7.11 Å². The number of ether oxygens (including phenoxy) is 1. The highest BCUT2D eigenvalue weighted by Gasteiger charge is 2.10. The van der Waals surface area contributed by atoms with Crippen LogP contribution in [0.3, 0.4) is 0 Å². The van der Waals surface area contributed by atoms with Crippen molar-refractivity contribution in [3.8, 4) is 5.75 Å². The molecule has 1 rings (SSSR count). The minimum atomic E-state index is 0.131. The minimum absolute atomic E-state index is 0.131. The molecule has 0 fully saturated rings. The van der Waals surface area contributed by atoms with Gasteiger partial charge in [-0.3, -0.25) is 9.78 Å². The third kappa shape index (κ3) is 2.31. The van der Waals surface area contributed by atoms with Crippen LogP contribution < -0.4 is 4.74 Å². The molecule has 1 aromatic rings. The van der Waals surface area contributed by atoms with Crippen LogP contribution in [0.1, 0.15) is 25.1 Å². The molecule has 0 bridgehead atoms. The lowest BCUT2D eigenvalue weighted by atomic mass is 10.1. The molecule has 76 valence electrons. The summed E-state index contributed by atoms with van der Waals surface area (Å²) in [5.41, 5.74) is 1.87. The minimum Gasteiger partial charge on any atom is -0.496 e. The van der Waals surface area contributed by atoms with Crippen molar-refractivity contribution in [3.63, 3.8) is 0 Å². The van der Waals surface area contributed by atoms with E-state index in [1.54, 1.807) is 26.3 Å². The zero-order valence-corrected chi connectivity index (χ0v) is 8.83. The number of methoxy groups -OCH3 is 1.